The Morgan fingerprint density at radius 1 is 1.32 bits per heavy atom. The molecular formula is C12H24N6O4. The van der Waals surface area contributed by atoms with E-state index in [4.69, 9.17) is 17.2 Å². The molecule has 22 heavy (non-hydrogen) atoms. The molecule has 0 aliphatic heterocycles. The Morgan fingerprint density at radius 2 is 1.95 bits per heavy atom. The van der Waals surface area contributed by atoms with Gasteiger partial charge in [0.15, 0.2) is 5.96 Å². The molecule has 0 heterocycles. The zero-order valence-electron chi connectivity index (χ0n) is 12.5. The van der Waals surface area contributed by atoms with E-state index in [0.717, 1.165) is 0 Å². The van der Waals surface area contributed by atoms with Gasteiger partial charge in [-0.2, -0.15) is 0 Å². The molecule has 0 aliphatic rings. The second-order valence-corrected chi connectivity index (χ2v) is 4.69. The molecule has 0 bridgehead atoms. The molecule has 0 radical (unpaired) electrons. The number of carbonyl (C=O) groups is 3. The molecule has 9 N–H and O–H groups in total. The first kappa shape index (κ1) is 19.8. The molecule has 0 unspecified atom stereocenters. The molecule has 0 spiro atoms. The third-order valence-corrected chi connectivity index (χ3v) is 2.73. The minimum Gasteiger partial charge on any atom is -0.391 e. The van der Waals surface area contributed by atoms with Crippen molar-refractivity contribution in [1.29, 1.82) is 0 Å². The maximum absolute atomic E-state index is 11.9. The van der Waals surface area contributed by atoms with E-state index in [1.807, 2.05) is 0 Å². The molecule has 0 saturated carbocycles. The Labute approximate surface area is 128 Å². The lowest BCUT2D eigenvalue weighted by Crippen LogP contribution is -2.56. The number of carbonyl (C=O) groups excluding carboxylic acids is 3. The maximum atomic E-state index is 11.9. The van der Waals surface area contributed by atoms with Crippen LogP contribution < -0.4 is 27.8 Å². The fraction of sp³-hybridized carbons (Fsp3) is 0.667. The molecule has 0 saturated heterocycles. The molecule has 10 heteroatoms. The van der Waals surface area contributed by atoms with Crippen molar-refractivity contribution in [3.8, 4) is 0 Å². The summed E-state index contributed by atoms with van der Waals surface area (Å²) in [5.41, 5.74) is 16.0. The highest BCUT2D eigenvalue weighted by Gasteiger charge is 2.27. The van der Waals surface area contributed by atoms with Gasteiger partial charge in [-0.3, -0.25) is 14.6 Å². The Balaban J connectivity index is 4.40. The fourth-order valence-electron chi connectivity index (χ4n) is 1.57. The third kappa shape index (κ3) is 8.17. The number of nitrogens with zero attached hydrogens (tertiary/aromatic N) is 1. The predicted octanol–water partition coefficient (Wildman–Crippen LogP) is -3.45. The van der Waals surface area contributed by atoms with Crippen LogP contribution in [0.15, 0.2) is 4.99 Å². The van der Waals surface area contributed by atoms with Crippen molar-refractivity contribution in [2.75, 3.05) is 13.1 Å². The van der Waals surface area contributed by atoms with Gasteiger partial charge in [0, 0.05) is 6.54 Å². The van der Waals surface area contributed by atoms with Crippen LogP contribution in [0.1, 0.15) is 19.8 Å². The van der Waals surface area contributed by atoms with Crippen molar-refractivity contribution < 1.29 is 19.5 Å². The van der Waals surface area contributed by atoms with Crippen LogP contribution in [0.5, 0.6) is 0 Å². The van der Waals surface area contributed by atoms with Crippen molar-refractivity contribution in [2.24, 2.45) is 22.2 Å². The van der Waals surface area contributed by atoms with E-state index in [-0.39, 0.29) is 12.5 Å². The molecule has 0 aromatic rings. The first-order valence-corrected chi connectivity index (χ1v) is 6.80. The van der Waals surface area contributed by atoms with Gasteiger partial charge in [0.25, 0.3) is 0 Å². The number of nitrogens with two attached hydrogens (primary N) is 3. The number of guanidine groups is 1. The SMILES string of the molecule is C[C@@H](O)[C@H](NC(=O)[C@@H](N)CCCN=C(N)N)C(=O)NCC=O. The van der Waals surface area contributed by atoms with Crippen LogP contribution in [0.25, 0.3) is 0 Å². The number of aliphatic hydroxyl groups is 1. The van der Waals surface area contributed by atoms with Crippen molar-refractivity contribution in [3.63, 3.8) is 0 Å². The van der Waals surface area contributed by atoms with Gasteiger partial charge >= 0.3 is 0 Å². The van der Waals surface area contributed by atoms with E-state index in [1.165, 1.54) is 6.92 Å². The molecule has 0 fully saturated rings. The van der Waals surface area contributed by atoms with Crippen LogP contribution in [0.2, 0.25) is 0 Å². The van der Waals surface area contributed by atoms with Crippen molar-refractivity contribution in [2.45, 2.75) is 38.0 Å². The number of rotatable bonds is 10. The average Bonchev–Trinajstić information content (AvgIpc) is 2.45. The third-order valence-electron chi connectivity index (χ3n) is 2.73. The summed E-state index contributed by atoms with van der Waals surface area (Å²) in [6.45, 7) is 1.47. The molecule has 0 aliphatic carbocycles. The van der Waals surface area contributed by atoms with E-state index in [1.54, 1.807) is 0 Å². The highest BCUT2D eigenvalue weighted by molar-refractivity contribution is 5.90. The molecule has 0 rings (SSSR count). The van der Waals surface area contributed by atoms with Gasteiger partial charge in [-0.1, -0.05) is 0 Å². The number of nitrogens with one attached hydrogen (secondary N) is 2. The average molecular weight is 316 g/mol. The zero-order chi connectivity index (χ0) is 17.1. The van der Waals surface area contributed by atoms with Crippen LogP contribution in [-0.4, -0.2) is 60.4 Å². The van der Waals surface area contributed by atoms with E-state index < -0.39 is 30.0 Å². The van der Waals surface area contributed by atoms with Gasteiger partial charge in [0.1, 0.15) is 12.3 Å². The lowest BCUT2D eigenvalue weighted by Gasteiger charge is -2.22. The first-order chi connectivity index (χ1) is 10.3. The normalized spacial score (nSPS) is 14.3. The molecule has 10 nitrogen and oxygen atoms in total. The minimum atomic E-state index is -1.18. The molecule has 0 aromatic heterocycles. The summed E-state index contributed by atoms with van der Waals surface area (Å²) in [4.78, 5) is 37.6. The second kappa shape index (κ2) is 10.5. The summed E-state index contributed by atoms with van der Waals surface area (Å²) in [5, 5.41) is 14.1. The van der Waals surface area contributed by atoms with Crippen LogP contribution in [-0.2, 0) is 14.4 Å². The van der Waals surface area contributed by atoms with Crippen molar-refractivity contribution >= 4 is 24.1 Å². The molecule has 2 amide bonds. The molecular weight excluding hydrogens is 292 g/mol. The number of amides is 2. The number of aliphatic imine (C=N–C) groups is 1. The Kier molecular flexibility index (Phi) is 9.46. The van der Waals surface area contributed by atoms with E-state index in [9.17, 15) is 19.5 Å². The standard InChI is InChI=1S/C12H24N6O4/c1-7(20)9(11(22)16-5-6-19)18-10(21)8(13)3-2-4-17-12(14)15/h6-9,20H,2-5,13H2,1H3,(H,16,22)(H,18,21)(H4,14,15,17)/t7-,8+,9+/m1/s1. The maximum Gasteiger partial charge on any atom is 0.245 e. The summed E-state index contributed by atoms with van der Waals surface area (Å²) < 4.78 is 0. The van der Waals surface area contributed by atoms with Gasteiger partial charge in [0.2, 0.25) is 11.8 Å². The van der Waals surface area contributed by atoms with E-state index >= 15 is 0 Å². The lowest BCUT2D eigenvalue weighted by molar-refractivity contribution is -0.132. The second-order valence-electron chi connectivity index (χ2n) is 4.69. The summed E-state index contributed by atoms with van der Waals surface area (Å²) >= 11 is 0. The monoisotopic (exact) mass is 316 g/mol. The summed E-state index contributed by atoms with van der Waals surface area (Å²) in [5.74, 6) is -1.29. The highest BCUT2D eigenvalue weighted by atomic mass is 16.3. The van der Waals surface area contributed by atoms with Crippen LogP contribution in [0.4, 0.5) is 0 Å². The number of aliphatic hydroxyl groups excluding tert-OH is 1. The Morgan fingerprint density at radius 3 is 2.45 bits per heavy atom. The largest absolute Gasteiger partial charge is 0.391 e. The van der Waals surface area contributed by atoms with Crippen molar-refractivity contribution in [1.82, 2.24) is 10.6 Å². The molecule has 126 valence electrons. The summed E-state index contributed by atoms with van der Waals surface area (Å²) in [7, 11) is 0. The van der Waals surface area contributed by atoms with E-state index in [2.05, 4.69) is 15.6 Å². The quantitative estimate of drug-likeness (QED) is 0.105. The zero-order valence-corrected chi connectivity index (χ0v) is 12.5. The van der Waals surface area contributed by atoms with Crippen LogP contribution in [0, 0.1) is 0 Å². The molecule has 3 atom stereocenters. The number of hydrogen-bond donors (Lipinski definition) is 6. The minimum absolute atomic E-state index is 0.0426. The fourth-order valence-corrected chi connectivity index (χ4v) is 1.57. The predicted molar refractivity (Wildman–Crippen MR) is 80.6 cm³/mol. The van der Waals surface area contributed by atoms with Crippen molar-refractivity contribution in [3.05, 3.63) is 0 Å². The Hall–Kier alpha value is -2.20. The smallest absolute Gasteiger partial charge is 0.245 e. The Bertz CT molecular complexity index is 408. The van der Waals surface area contributed by atoms with Gasteiger partial charge in [-0.05, 0) is 19.8 Å². The van der Waals surface area contributed by atoms with E-state index in [0.29, 0.717) is 25.7 Å². The summed E-state index contributed by atoms with van der Waals surface area (Å²) in [6, 6.07) is -2.05. The van der Waals surface area contributed by atoms with Gasteiger partial charge in [-0.25, -0.2) is 0 Å². The summed E-state index contributed by atoms with van der Waals surface area (Å²) in [6.07, 6.45) is 0.159. The first-order valence-electron chi connectivity index (χ1n) is 6.80. The van der Waals surface area contributed by atoms with Crippen LogP contribution in [0.3, 0.4) is 0 Å². The van der Waals surface area contributed by atoms with Gasteiger partial charge < -0.3 is 37.7 Å². The van der Waals surface area contributed by atoms with Gasteiger partial charge in [0.05, 0.1) is 18.7 Å². The lowest BCUT2D eigenvalue weighted by atomic mass is 10.1. The number of aldehydes is 1. The van der Waals surface area contributed by atoms with Gasteiger partial charge in [-0.15, -0.1) is 0 Å². The van der Waals surface area contributed by atoms with Crippen LogP contribution >= 0.6 is 0 Å². The molecule has 0 aromatic carbocycles. The number of hydrogen-bond acceptors (Lipinski definition) is 6. The topological polar surface area (TPSA) is 186 Å². The highest BCUT2D eigenvalue weighted by Crippen LogP contribution is 1.99.